The Morgan fingerprint density at radius 3 is 2.72 bits per heavy atom. The van der Waals surface area contributed by atoms with Crippen molar-refractivity contribution < 1.29 is 17.9 Å². The molecule has 7 heteroatoms. The third-order valence-corrected chi connectivity index (χ3v) is 6.29. The van der Waals surface area contributed by atoms with E-state index in [0.29, 0.717) is 30.8 Å². The molecule has 5 nitrogen and oxygen atoms in total. The molecule has 1 aliphatic heterocycles. The third kappa shape index (κ3) is 5.81. The molecule has 3 rings (SSSR count). The van der Waals surface area contributed by atoms with Gasteiger partial charge in [-0.05, 0) is 62.2 Å². The average Bonchev–Trinajstić information content (AvgIpc) is 3.18. The van der Waals surface area contributed by atoms with Gasteiger partial charge in [-0.15, -0.1) is 0 Å². The fourth-order valence-corrected chi connectivity index (χ4v) is 4.37. The van der Waals surface area contributed by atoms with E-state index in [1.807, 2.05) is 24.3 Å². The summed E-state index contributed by atoms with van der Waals surface area (Å²) < 4.78 is 28.4. The fourth-order valence-electron chi connectivity index (χ4n) is 3.52. The van der Waals surface area contributed by atoms with Crippen LogP contribution < -0.4 is 4.74 Å². The molecule has 0 saturated carbocycles. The highest BCUT2D eigenvalue weighted by molar-refractivity contribution is 7.72. The topological polar surface area (TPSA) is 63.7 Å². The number of rotatable bonds is 10. The zero-order valence-electron chi connectivity index (χ0n) is 16.5. The SMILES string of the molecule is CN(CCCCC(=O)c1cc2c(c([SH](=O)=O)c1)OCC2)CCc1ccccc1Cl. The molecule has 0 atom stereocenters. The first-order chi connectivity index (χ1) is 14.0. The van der Waals surface area contributed by atoms with Gasteiger partial charge in [-0.3, -0.25) is 4.79 Å². The second-order valence-corrected chi connectivity index (χ2v) is 8.77. The van der Waals surface area contributed by atoms with Crippen LogP contribution in [0.5, 0.6) is 5.75 Å². The summed E-state index contributed by atoms with van der Waals surface area (Å²) in [6, 6.07) is 11.1. The molecule has 0 unspecified atom stereocenters. The van der Waals surface area contributed by atoms with Gasteiger partial charge in [0.1, 0.15) is 10.6 Å². The van der Waals surface area contributed by atoms with Gasteiger partial charge in [0, 0.05) is 30.0 Å². The Morgan fingerprint density at radius 1 is 1.17 bits per heavy atom. The predicted octanol–water partition coefficient (Wildman–Crippen LogP) is 3.77. The van der Waals surface area contributed by atoms with Gasteiger partial charge in [0.2, 0.25) is 0 Å². The Kier molecular flexibility index (Phi) is 7.70. The van der Waals surface area contributed by atoms with Crippen molar-refractivity contribution in [3.8, 4) is 5.75 Å². The maximum absolute atomic E-state index is 12.5. The van der Waals surface area contributed by atoms with Gasteiger partial charge < -0.3 is 9.64 Å². The maximum atomic E-state index is 12.5. The van der Waals surface area contributed by atoms with Crippen LogP contribution in [0.4, 0.5) is 0 Å². The highest BCUT2D eigenvalue weighted by Crippen LogP contribution is 2.32. The Balaban J connectivity index is 1.45. The molecule has 0 bridgehead atoms. The van der Waals surface area contributed by atoms with E-state index in [1.165, 1.54) is 6.07 Å². The minimum atomic E-state index is -2.78. The number of thiol groups is 1. The molecule has 0 amide bonds. The number of fused-ring (bicyclic) bond motifs is 1. The van der Waals surface area contributed by atoms with Crippen molar-refractivity contribution in [2.75, 3.05) is 26.7 Å². The lowest BCUT2D eigenvalue weighted by atomic mass is 10.0. The van der Waals surface area contributed by atoms with Crippen molar-refractivity contribution in [3.05, 3.63) is 58.1 Å². The summed E-state index contributed by atoms with van der Waals surface area (Å²) in [5.41, 5.74) is 2.42. The molecule has 29 heavy (non-hydrogen) atoms. The zero-order chi connectivity index (χ0) is 20.8. The van der Waals surface area contributed by atoms with E-state index >= 15 is 0 Å². The summed E-state index contributed by atoms with van der Waals surface area (Å²) in [7, 11) is -0.718. The fraction of sp³-hybridized carbons (Fsp3) is 0.409. The summed E-state index contributed by atoms with van der Waals surface area (Å²) in [6.07, 6.45) is 3.61. The molecule has 2 aromatic rings. The van der Waals surface area contributed by atoms with Crippen LogP contribution in [0, 0.1) is 0 Å². The number of nitrogens with zero attached hydrogens (tertiary/aromatic N) is 1. The Hall–Kier alpha value is -1.89. The van der Waals surface area contributed by atoms with Gasteiger partial charge in [-0.25, -0.2) is 8.42 Å². The number of likely N-dealkylation sites (N-methyl/N-ethyl adjacent to an activating group) is 1. The van der Waals surface area contributed by atoms with E-state index < -0.39 is 10.7 Å². The van der Waals surface area contributed by atoms with Crippen molar-refractivity contribution in [1.29, 1.82) is 0 Å². The number of unbranched alkanes of at least 4 members (excludes halogenated alkanes) is 1. The van der Waals surface area contributed by atoms with Gasteiger partial charge in [-0.1, -0.05) is 29.8 Å². The first-order valence-corrected chi connectivity index (χ1v) is 11.4. The molecule has 0 fully saturated rings. The maximum Gasteiger partial charge on any atom is 0.171 e. The number of hydrogen-bond acceptors (Lipinski definition) is 5. The summed E-state index contributed by atoms with van der Waals surface area (Å²) in [6.45, 7) is 2.26. The molecule has 1 aliphatic rings. The second-order valence-electron chi connectivity index (χ2n) is 7.36. The largest absolute Gasteiger partial charge is 0.492 e. The Morgan fingerprint density at radius 2 is 1.97 bits per heavy atom. The van der Waals surface area contributed by atoms with Crippen LogP contribution in [0.1, 0.15) is 40.7 Å². The molecular weight excluding hydrogens is 410 g/mol. The quantitative estimate of drug-likeness (QED) is 0.349. The van der Waals surface area contributed by atoms with Crippen LogP contribution >= 0.6 is 11.6 Å². The Bertz CT molecular complexity index is 950. The molecule has 156 valence electrons. The number of Topliss-reactive ketones (excluding diaryl/α,β-unsaturated/α-hetero) is 1. The van der Waals surface area contributed by atoms with Gasteiger partial charge in [-0.2, -0.15) is 0 Å². The molecular formula is C22H26ClNO4S. The van der Waals surface area contributed by atoms with Crippen molar-refractivity contribution in [3.63, 3.8) is 0 Å². The highest BCUT2D eigenvalue weighted by atomic mass is 35.5. The zero-order valence-corrected chi connectivity index (χ0v) is 18.2. The minimum absolute atomic E-state index is 0.0171. The van der Waals surface area contributed by atoms with E-state index in [0.717, 1.165) is 48.5 Å². The van der Waals surface area contributed by atoms with Crippen LogP contribution in [0.3, 0.4) is 0 Å². The number of ketones is 1. The number of carbonyl (C=O) groups excluding carboxylic acids is 1. The third-order valence-electron chi connectivity index (χ3n) is 5.20. The monoisotopic (exact) mass is 435 g/mol. The minimum Gasteiger partial charge on any atom is -0.492 e. The summed E-state index contributed by atoms with van der Waals surface area (Å²) in [5.74, 6) is 0.398. The number of benzene rings is 2. The molecule has 0 aliphatic carbocycles. The van der Waals surface area contributed by atoms with Gasteiger partial charge >= 0.3 is 0 Å². The van der Waals surface area contributed by atoms with E-state index in [1.54, 1.807) is 6.07 Å². The lowest BCUT2D eigenvalue weighted by Gasteiger charge is -2.16. The van der Waals surface area contributed by atoms with E-state index in [2.05, 4.69) is 11.9 Å². The molecule has 1 heterocycles. The molecule has 0 spiro atoms. The highest BCUT2D eigenvalue weighted by Gasteiger charge is 2.21. The van der Waals surface area contributed by atoms with Gasteiger partial charge in [0.25, 0.3) is 0 Å². The van der Waals surface area contributed by atoms with Gasteiger partial charge in [0.05, 0.1) is 6.61 Å². The van der Waals surface area contributed by atoms with Crippen LogP contribution in [0.15, 0.2) is 41.3 Å². The Labute approximate surface area is 178 Å². The average molecular weight is 436 g/mol. The first kappa shape index (κ1) is 21.8. The molecule has 0 N–H and O–H groups in total. The summed E-state index contributed by atoms with van der Waals surface area (Å²) in [4.78, 5) is 14.9. The molecule has 0 aromatic heterocycles. The van der Waals surface area contributed by atoms with Crippen LogP contribution in [-0.4, -0.2) is 45.8 Å². The number of carbonyl (C=O) groups is 1. The van der Waals surface area contributed by atoms with Crippen molar-refractivity contribution in [2.24, 2.45) is 0 Å². The van der Waals surface area contributed by atoms with Crippen molar-refractivity contribution in [1.82, 2.24) is 4.90 Å². The molecule has 0 saturated heterocycles. The van der Waals surface area contributed by atoms with Crippen molar-refractivity contribution >= 4 is 28.1 Å². The number of hydrogen-bond donors (Lipinski definition) is 1. The molecule has 0 radical (unpaired) electrons. The first-order valence-electron chi connectivity index (χ1n) is 9.85. The lowest BCUT2D eigenvalue weighted by Crippen LogP contribution is -2.22. The van der Waals surface area contributed by atoms with Crippen LogP contribution in [0.2, 0.25) is 5.02 Å². The lowest BCUT2D eigenvalue weighted by molar-refractivity contribution is 0.0978. The standard InChI is InChI=1S/C22H26ClNO4S/c1-24(12-9-16-6-2-3-7-19(16)23)11-5-4-8-20(25)18-14-17-10-13-28-22(17)21(15-18)29(26)27/h2-3,6-7,14-15,29H,4-5,8-13H2,1H3. The molecule has 2 aromatic carbocycles. The summed E-state index contributed by atoms with van der Waals surface area (Å²) >= 11 is 6.19. The van der Waals surface area contributed by atoms with Crippen molar-refractivity contribution in [2.45, 2.75) is 37.0 Å². The summed E-state index contributed by atoms with van der Waals surface area (Å²) in [5, 5.41) is 0.797. The van der Waals surface area contributed by atoms with E-state index in [9.17, 15) is 13.2 Å². The van der Waals surface area contributed by atoms with Crippen LogP contribution in [0.25, 0.3) is 0 Å². The predicted molar refractivity (Wildman–Crippen MR) is 115 cm³/mol. The number of ether oxygens (including phenoxy) is 1. The second kappa shape index (κ2) is 10.2. The van der Waals surface area contributed by atoms with E-state index in [4.69, 9.17) is 16.3 Å². The van der Waals surface area contributed by atoms with E-state index in [-0.39, 0.29) is 10.7 Å². The van der Waals surface area contributed by atoms with Gasteiger partial charge in [0.15, 0.2) is 16.5 Å². The normalized spacial score (nSPS) is 13.0. The smallest absolute Gasteiger partial charge is 0.171 e. The number of halogens is 1. The van der Waals surface area contributed by atoms with Crippen LogP contribution in [-0.2, 0) is 23.5 Å².